The summed E-state index contributed by atoms with van der Waals surface area (Å²) in [7, 11) is 0. The third-order valence-electron chi connectivity index (χ3n) is 5.94. The van der Waals surface area contributed by atoms with E-state index in [0.717, 1.165) is 25.9 Å². The zero-order valence-corrected chi connectivity index (χ0v) is 11.8. The van der Waals surface area contributed by atoms with Gasteiger partial charge >= 0.3 is 0 Å². The highest BCUT2D eigenvalue weighted by Crippen LogP contribution is 2.65. The third kappa shape index (κ3) is 1.44. The van der Waals surface area contributed by atoms with Crippen molar-refractivity contribution < 1.29 is 4.79 Å². The molecule has 2 saturated carbocycles. The molecule has 2 unspecified atom stereocenters. The second-order valence-electron chi connectivity index (χ2n) is 7.07. The molecule has 0 aromatic rings. The Morgan fingerprint density at radius 1 is 1.28 bits per heavy atom. The molecule has 3 fully saturated rings. The number of fused-ring (bicyclic) bond motifs is 2. The van der Waals surface area contributed by atoms with Crippen LogP contribution in [-0.2, 0) is 4.79 Å². The topological polar surface area (TPSA) is 20.3 Å². The van der Waals surface area contributed by atoms with Crippen LogP contribution in [0.1, 0.15) is 52.4 Å². The second-order valence-corrected chi connectivity index (χ2v) is 7.07. The van der Waals surface area contributed by atoms with Crippen LogP contribution in [0.3, 0.4) is 0 Å². The maximum absolute atomic E-state index is 12.9. The van der Waals surface area contributed by atoms with Crippen molar-refractivity contribution in [2.75, 3.05) is 13.1 Å². The van der Waals surface area contributed by atoms with E-state index in [2.05, 4.69) is 25.3 Å². The zero-order valence-electron chi connectivity index (χ0n) is 11.8. The Hall–Kier alpha value is -0.790. The largest absolute Gasteiger partial charge is 0.342 e. The van der Waals surface area contributed by atoms with Crippen molar-refractivity contribution in [2.24, 2.45) is 16.7 Å². The average molecular weight is 247 g/mol. The van der Waals surface area contributed by atoms with E-state index < -0.39 is 0 Å². The number of carbonyl (C=O) groups excluding carboxylic acids is 1. The summed E-state index contributed by atoms with van der Waals surface area (Å²) in [4.78, 5) is 15.1. The number of hydrogen-bond donors (Lipinski definition) is 0. The first kappa shape index (κ1) is 12.3. The Morgan fingerprint density at radius 2 is 1.94 bits per heavy atom. The molecule has 3 rings (SSSR count). The summed E-state index contributed by atoms with van der Waals surface area (Å²) in [5.41, 5.74) is 1.21. The highest BCUT2D eigenvalue weighted by Gasteiger charge is 2.61. The zero-order chi connectivity index (χ0) is 13.0. The summed E-state index contributed by atoms with van der Waals surface area (Å²) < 4.78 is 0. The molecule has 2 bridgehead atoms. The van der Waals surface area contributed by atoms with Crippen LogP contribution in [0.5, 0.6) is 0 Å². The van der Waals surface area contributed by atoms with Crippen molar-refractivity contribution in [1.29, 1.82) is 0 Å². The van der Waals surface area contributed by atoms with Gasteiger partial charge in [0.2, 0.25) is 5.91 Å². The van der Waals surface area contributed by atoms with Gasteiger partial charge in [0, 0.05) is 13.1 Å². The van der Waals surface area contributed by atoms with Crippen LogP contribution < -0.4 is 0 Å². The molecular formula is C16H25NO. The maximum atomic E-state index is 12.9. The van der Waals surface area contributed by atoms with E-state index in [1.807, 2.05) is 0 Å². The Morgan fingerprint density at radius 3 is 2.50 bits per heavy atom. The fourth-order valence-corrected chi connectivity index (χ4v) is 4.52. The second kappa shape index (κ2) is 3.85. The number of carbonyl (C=O) groups is 1. The van der Waals surface area contributed by atoms with Crippen molar-refractivity contribution in [3.63, 3.8) is 0 Å². The quantitative estimate of drug-likeness (QED) is 0.650. The van der Waals surface area contributed by atoms with Gasteiger partial charge in [-0.25, -0.2) is 0 Å². The molecule has 0 radical (unpaired) electrons. The molecule has 1 aliphatic heterocycles. The Labute approximate surface area is 110 Å². The normalized spacial score (nSPS) is 38.2. The minimum Gasteiger partial charge on any atom is -0.342 e. The number of rotatable bonds is 1. The summed E-state index contributed by atoms with van der Waals surface area (Å²) in [5.74, 6) is 1.08. The van der Waals surface area contributed by atoms with Gasteiger partial charge in [-0.3, -0.25) is 4.79 Å². The predicted molar refractivity (Wildman–Crippen MR) is 73.1 cm³/mol. The van der Waals surface area contributed by atoms with Crippen LogP contribution in [0.15, 0.2) is 12.2 Å². The lowest BCUT2D eigenvalue weighted by molar-refractivity contribution is -0.140. The van der Waals surface area contributed by atoms with E-state index in [0.29, 0.717) is 11.8 Å². The smallest absolute Gasteiger partial charge is 0.232 e. The molecule has 3 aliphatic rings. The molecule has 0 N–H and O–H groups in total. The van der Waals surface area contributed by atoms with Gasteiger partial charge in [0.05, 0.1) is 5.41 Å². The molecule has 0 aromatic heterocycles. The Balaban J connectivity index is 1.87. The van der Waals surface area contributed by atoms with Crippen LogP contribution >= 0.6 is 0 Å². The SMILES string of the molecule is C=C1C2(C(=O)N3CCCCC3)CCC(C2)C1(C)C. The molecule has 2 heteroatoms. The highest BCUT2D eigenvalue weighted by atomic mass is 16.2. The van der Waals surface area contributed by atoms with Gasteiger partial charge in [0.1, 0.15) is 0 Å². The number of hydrogen-bond acceptors (Lipinski definition) is 1. The van der Waals surface area contributed by atoms with Crippen molar-refractivity contribution in [2.45, 2.75) is 52.4 Å². The average Bonchev–Trinajstić information content (AvgIpc) is 2.90. The minimum atomic E-state index is -0.189. The lowest BCUT2D eigenvalue weighted by atomic mass is 9.68. The molecule has 1 amide bonds. The molecule has 1 saturated heterocycles. The molecular weight excluding hydrogens is 222 g/mol. The Bertz CT molecular complexity index is 392. The van der Waals surface area contributed by atoms with E-state index in [1.165, 1.54) is 31.3 Å². The van der Waals surface area contributed by atoms with Gasteiger partial charge in [-0.05, 0) is 49.9 Å². The van der Waals surface area contributed by atoms with Crippen LogP contribution in [0.4, 0.5) is 0 Å². The summed E-state index contributed by atoms with van der Waals surface area (Å²) in [6, 6.07) is 0. The molecule has 0 spiro atoms. The van der Waals surface area contributed by atoms with Gasteiger partial charge < -0.3 is 4.90 Å². The molecule has 0 aromatic carbocycles. The highest BCUT2D eigenvalue weighted by molar-refractivity contribution is 5.87. The van der Waals surface area contributed by atoms with E-state index in [1.54, 1.807) is 0 Å². The van der Waals surface area contributed by atoms with Crippen molar-refractivity contribution in [3.8, 4) is 0 Å². The summed E-state index contributed by atoms with van der Waals surface area (Å²) in [6.07, 6.45) is 6.98. The first-order valence-electron chi connectivity index (χ1n) is 7.48. The predicted octanol–water partition coefficient (Wildman–Crippen LogP) is 3.38. The monoisotopic (exact) mass is 247 g/mol. The van der Waals surface area contributed by atoms with Gasteiger partial charge in [-0.2, -0.15) is 0 Å². The standard InChI is InChI=1S/C16H25NO/c1-12-15(2,3)13-7-8-16(12,11-13)14(18)17-9-5-4-6-10-17/h13H,1,4-11H2,2-3H3. The molecule has 1 heterocycles. The van der Waals surface area contributed by atoms with Gasteiger partial charge in [0.15, 0.2) is 0 Å². The van der Waals surface area contributed by atoms with Crippen LogP contribution in [0.2, 0.25) is 0 Å². The molecule has 2 atom stereocenters. The summed E-state index contributed by atoms with van der Waals surface area (Å²) in [6.45, 7) is 10.8. The van der Waals surface area contributed by atoms with Crippen molar-refractivity contribution >= 4 is 5.91 Å². The van der Waals surface area contributed by atoms with E-state index in [4.69, 9.17) is 0 Å². The number of likely N-dealkylation sites (tertiary alicyclic amines) is 1. The maximum Gasteiger partial charge on any atom is 0.232 e. The molecule has 100 valence electrons. The van der Waals surface area contributed by atoms with Crippen molar-refractivity contribution in [1.82, 2.24) is 4.90 Å². The fraction of sp³-hybridized carbons (Fsp3) is 0.812. The van der Waals surface area contributed by atoms with E-state index in [9.17, 15) is 4.79 Å². The molecule has 18 heavy (non-hydrogen) atoms. The lowest BCUT2D eigenvalue weighted by Crippen LogP contribution is -2.46. The Kier molecular flexibility index (Phi) is 2.62. The molecule has 2 nitrogen and oxygen atoms in total. The van der Waals surface area contributed by atoms with Crippen LogP contribution in [0, 0.1) is 16.7 Å². The van der Waals surface area contributed by atoms with Crippen molar-refractivity contribution in [3.05, 3.63) is 12.2 Å². The van der Waals surface area contributed by atoms with Gasteiger partial charge in [0.25, 0.3) is 0 Å². The number of amides is 1. The molecule has 2 aliphatic carbocycles. The first-order valence-corrected chi connectivity index (χ1v) is 7.48. The lowest BCUT2D eigenvalue weighted by Gasteiger charge is -2.40. The van der Waals surface area contributed by atoms with E-state index in [-0.39, 0.29) is 10.8 Å². The van der Waals surface area contributed by atoms with Crippen LogP contribution in [-0.4, -0.2) is 23.9 Å². The minimum absolute atomic E-state index is 0.170. The third-order valence-corrected chi connectivity index (χ3v) is 5.94. The van der Waals surface area contributed by atoms with Crippen LogP contribution in [0.25, 0.3) is 0 Å². The summed E-state index contributed by atoms with van der Waals surface area (Å²) >= 11 is 0. The first-order chi connectivity index (χ1) is 8.48. The summed E-state index contributed by atoms with van der Waals surface area (Å²) in [5, 5.41) is 0. The van der Waals surface area contributed by atoms with Gasteiger partial charge in [-0.15, -0.1) is 0 Å². The number of nitrogens with zero attached hydrogens (tertiary/aromatic N) is 1. The van der Waals surface area contributed by atoms with Gasteiger partial charge in [-0.1, -0.05) is 26.0 Å². The fourth-order valence-electron chi connectivity index (χ4n) is 4.52. The van der Waals surface area contributed by atoms with E-state index >= 15 is 0 Å². The number of piperidine rings is 1.